The third-order valence-electron chi connectivity index (χ3n) is 3.29. The van der Waals surface area contributed by atoms with E-state index >= 15 is 0 Å². The van der Waals surface area contributed by atoms with E-state index in [2.05, 4.69) is 21.2 Å². The van der Waals surface area contributed by atoms with E-state index in [0.29, 0.717) is 11.6 Å². The zero-order chi connectivity index (χ0) is 14.5. The number of ether oxygens (including phenoxy) is 2. The molecule has 110 valence electrons. The van der Waals surface area contributed by atoms with Crippen LogP contribution in [0.25, 0.3) is 0 Å². The number of hydrogen-bond donors (Lipinski definition) is 1. The number of benzene rings is 1. The molecule has 1 fully saturated rings. The van der Waals surface area contributed by atoms with E-state index in [9.17, 15) is 4.79 Å². The molecular formula is C14H17BrClNO3. The fraction of sp³-hybridized carbons (Fsp3) is 0.500. The van der Waals surface area contributed by atoms with Crippen molar-refractivity contribution in [3.63, 3.8) is 0 Å². The Labute approximate surface area is 131 Å². The van der Waals surface area contributed by atoms with E-state index in [1.165, 1.54) is 7.11 Å². The zero-order valence-corrected chi connectivity index (χ0v) is 13.5. The highest BCUT2D eigenvalue weighted by Crippen LogP contribution is 2.26. The van der Waals surface area contributed by atoms with Crippen LogP contribution in [0.3, 0.4) is 0 Å². The van der Waals surface area contributed by atoms with Crippen LogP contribution in [0.2, 0.25) is 5.02 Å². The molecule has 0 aliphatic carbocycles. The average molecular weight is 363 g/mol. The molecule has 20 heavy (non-hydrogen) atoms. The Bertz CT molecular complexity index is 477. The number of methoxy groups -OCH3 is 1. The third-order valence-corrected chi connectivity index (χ3v) is 4.52. The SMILES string of the molecule is COC(=O)C(NCC1CCCO1)c1ccc(Br)c(Cl)c1. The molecule has 6 heteroatoms. The standard InChI is InChI=1S/C14H17BrClNO3/c1-19-14(18)13(17-8-10-3-2-6-20-10)9-4-5-11(15)12(16)7-9/h4-5,7,10,13,17H,2-3,6,8H2,1H3. The third kappa shape index (κ3) is 3.95. The summed E-state index contributed by atoms with van der Waals surface area (Å²) in [5, 5.41) is 3.77. The van der Waals surface area contributed by atoms with E-state index in [0.717, 1.165) is 29.5 Å². The lowest BCUT2D eigenvalue weighted by Gasteiger charge is -2.19. The fourth-order valence-corrected chi connectivity index (χ4v) is 2.64. The summed E-state index contributed by atoms with van der Waals surface area (Å²) in [4.78, 5) is 11.9. The van der Waals surface area contributed by atoms with Gasteiger partial charge in [-0.25, -0.2) is 4.79 Å². The van der Waals surface area contributed by atoms with Crippen LogP contribution in [0.1, 0.15) is 24.4 Å². The van der Waals surface area contributed by atoms with Gasteiger partial charge in [0.25, 0.3) is 0 Å². The molecule has 1 saturated heterocycles. The molecular weight excluding hydrogens is 346 g/mol. The molecule has 2 atom stereocenters. The lowest BCUT2D eigenvalue weighted by atomic mass is 10.1. The summed E-state index contributed by atoms with van der Waals surface area (Å²) >= 11 is 9.42. The predicted molar refractivity (Wildman–Crippen MR) is 80.9 cm³/mol. The van der Waals surface area contributed by atoms with Gasteiger partial charge in [-0.05, 0) is 46.5 Å². The smallest absolute Gasteiger partial charge is 0.327 e. The first kappa shape index (κ1) is 15.8. The van der Waals surface area contributed by atoms with Crippen molar-refractivity contribution in [3.05, 3.63) is 33.3 Å². The molecule has 1 N–H and O–H groups in total. The molecule has 1 aliphatic heterocycles. The quantitative estimate of drug-likeness (QED) is 0.818. The second-order valence-electron chi connectivity index (χ2n) is 4.67. The van der Waals surface area contributed by atoms with Crippen LogP contribution in [-0.2, 0) is 14.3 Å². The van der Waals surface area contributed by atoms with E-state index in [1.54, 1.807) is 6.07 Å². The van der Waals surface area contributed by atoms with Crippen LogP contribution < -0.4 is 5.32 Å². The van der Waals surface area contributed by atoms with Gasteiger partial charge in [-0.1, -0.05) is 17.7 Å². The highest BCUT2D eigenvalue weighted by atomic mass is 79.9. The van der Waals surface area contributed by atoms with Gasteiger partial charge in [0.1, 0.15) is 6.04 Å². The first-order valence-electron chi connectivity index (χ1n) is 6.49. The number of nitrogens with one attached hydrogen (secondary N) is 1. The molecule has 2 unspecified atom stereocenters. The summed E-state index contributed by atoms with van der Waals surface area (Å²) in [5.41, 5.74) is 0.781. The van der Waals surface area contributed by atoms with Crippen LogP contribution in [0.15, 0.2) is 22.7 Å². The summed E-state index contributed by atoms with van der Waals surface area (Å²) in [6, 6.07) is 4.90. The van der Waals surface area contributed by atoms with Gasteiger partial charge in [-0.3, -0.25) is 5.32 Å². The van der Waals surface area contributed by atoms with E-state index < -0.39 is 6.04 Å². The minimum absolute atomic E-state index is 0.160. The molecule has 0 saturated carbocycles. The summed E-state index contributed by atoms with van der Waals surface area (Å²) in [7, 11) is 1.38. The molecule has 1 heterocycles. The Balaban J connectivity index is 2.09. The van der Waals surface area contributed by atoms with Crippen LogP contribution in [0.5, 0.6) is 0 Å². The molecule has 0 radical (unpaired) electrons. The zero-order valence-electron chi connectivity index (χ0n) is 11.2. The molecule has 4 nitrogen and oxygen atoms in total. The van der Waals surface area contributed by atoms with Crippen LogP contribution >= 0.6 is 27.5 Å². The van der Waals surface area contributed by atoms with E-state index in [4.69, 9.17) is 21.1 Å². The Morgan fingerprint density at radius 2 is 2.45 bits per heavy atom. The maximum atomic E-state index is 11.9. The summed E-state index contributed by atoms with van der Waals surface area (Å²) < 4.78 is 11.2. The maximum Gasteiger partial charge on any atom is 0.327 e. The first-order chi connectivity index (χ1) is 9.61. The molecule has 0 spiro atoms. The molecule has 2 rings (SSSR count). The monoisotopic (exact) mass is 361 g/mol. The first-order valence-corrected chi connectivity index (χ1v) is 7.66. The lowest BCUT2D eigenvalue weighted by molar-refractivity contribution is -0.143. The van der Waals surface area contributed by atoms with Crippen molar-refractivity contribution in [2.45, 2.75) is 25.0 Å². The molecule has 1 aromatic carbocycles. The summed E-state index contributed by atoms with van der Waals surface area (Å²) in [6.07, 6.45) is 2.24. The number of esters is 1. The molecule has 0 amide bonds. The van der Waals surface area contributed by atoms with Gasteiger partial charge in [0.05, 0.1) is 18.2 Å². The van der Waals surface area contributed by atoms with Crippen molar-refractivity contribution < 1.29 is 14.3 Å². The number of rotatable bonds is 5. The van der Waals surface area contributed by atoms with Gasteiger partial charge < -0.3 is 9.47 Å². The van der Waals surface area contributed by atoms with E-state index in [-0.39, 0.29) is 12.1 Å². The minimum atomic E-state index is -0.533. The second-order valence-corrected chi connectivity index (χ2v) is 5.93. The number of halogens is 2. The van der Waals surface area contributed by atoms with Crippen molar-refractivity contribution >= 4 is 33.5 Å². The van der Waals surface area contributed by atoms with Gasteiger partial charge >= 0.3 is 5.97 Å². The maximum absolute atomic E-state index is 11.9. The Morgan fingerprint density at radius 1 is 1.65 bits per heavy atom. The van der Waals surface area contributed by atoms with Gasteiger partial charge in [0, 0.05) is 17.6 Å². The fourth-order valence-electron chi connectivity index (χ4n) is 2.20. The molecule has 0 bridgehead atoms. The summed E-state index contributed by atoms with van der Waals surface area (Å²) in [5.74, 6) is -0.332. The topological polar surface area (TPSA) is 47.6 Å². The molecule has 1 aromatic rings. The molecule has 0 aromatic heterocycles. The second kappa shape index (κ2) is 7.41. The highest BCUT2D eigenvalue weighted by molar-refractivity contribution is 9.10. The van der Waals surface area contributed by atoms with Gasteiger partial charge in [-0.15, -0.1) is 0 Å². The van der Waals surface area contributed by atoms with Crippen LogP contribution in [-0.4, -0.2) is 32.3 Å². The number of carbonyl (C=O) groups is 1. The van der Waals surface area contributed by atoms with Crippen molar-refractivity contribution in [2.24, 2.45) is 0 Å². The van der Waals surface area contributed by atoms with Gasteiger partial charge in [0.2, 0.25) is 0 Å². The Hall–Kier alpha value is -0.620. The predicted octanol–water partition coefficient (Wildman–Crippen LogP) is 3.09. The lowest BCUT2D eigenvalue weighted by Crippen LogP contribution is -2.35. The average Bonchev–Trinajstić information content (AvgIpc) is 2.95. The normalized spacial score (nSPS) is 19.9. The minimum Gasteiger partial charge on any atom is -0.468 e. The molecule has 1 aliphatic rings. The van der Waals surface area contributed by atoms with Crippen molar-refractivity contribution in [3.8, 4) is 0 Å². The van der Waals surface area contributed by atoms with Gasteiger partial charge in [0.15, 0.2) is 0 Å². The Morgan fingerprint density at radius 3 is 3.05 bits per heavy atom. The number of carbonyl (C=O) groups excluding carboxylic acids is 1. The van der Waals surface area contributed by atoms with Gasteiger partial charge in [-0.2, -0.15) is 0 Å². The Kier molecular flexibility index (Phi) is 5.84. The van der Waals surface area contributed by atoms with Crippen molar-refractivity contribution in [2.75, 3.05) is 20.3 Å². The van der Waals surface area contributed by atoms with Crippen molar-refractivity contribution in [1.82, 2.24) is 5.32 Å². The van der Waals surface area contributed by atoms with Crippen LogP contribution in [0.4, 0.5) is 0 Å². The number of hydrogen-bond acceptors (Lipinski definition) is 4. The van der Waals surface area contributed by atoms with Crippen molar-refractivity contribution in [1.29, 1.82) is 0 Å². The van der Waals surface area contributed by atoms with Crippen LogP contribution in [0, 0.1) is 0 Å². The summed E-state index contributed by atoms with van der Waals surface area (Å²) in [6.45, 7) is 1.41. The van der Waals surface area contributed by atoms with E-state index in [1.807, 2.05) is 12.1 Å². The largest absolute Gasteiger partial charge is 0.468 e. The highest BCUT2D eigenvalue weighted by Gasteiger charge is 2.24.